The third-order valence-corrected chi connectivity index (χ3v) is 3.42. The summed E-state index contributed by atoms with van der Waals surface area (Å²) >= 11 is 0. The largest absolute Gasteiger partial charge is 0.336 e. The zero-order valence-electron chi connectivity index (χ0n) is 11.6. The summed E-state index contributed by atoms with van der Waals surface area (Å²) in [5.74, 6) is 0.251. The molecule has 0 bridgehead atoms. The van der Waals surface area contributed by atoms with E-state index in [0.717, 1.165) is 19.4 Å². The van der Waals surface area contributed by atoms with Crippen molar-refractivity contribution in [3.63, 3.8) is 0 Å². The molecular formula is C13H26N2O. The molecule has 0 aromatic carbocycles. The molecule has 1 atom stereocenters. The number of carbonyl (C=O) groups is 1. The molecule has 1 amide bonds. The lowest BCUT2D eigenvalue weighted by molar-refractivity contribution is -0.138. The van der Waals surface area contributed by atoms with Gasteiger partial charge in [0.1, 0.15) is 0 Å². The van der Waals surface area contributed by atoms with Crippen molar-refractivity contribution in [3.8, 4) is 0 Å². The second kappa shape index (κ2) is 4.36. The summed E-state index contributed by atoms with van der Waals surface area (Å²) in [7, 11) is 1.88. The van der Waals surface area contributed by atoms with Crippen LogP contribution in [-0.2, 0) is 4.79 Å². The second-order valence-electron chi connectivity index (χ2n) is 6.64. The van der Waals surface area contributed by atoms with Crippen LogP contribution >= 0.6 is 0 Å². The van der Waals surface area contributed by atoms with E-state index in [-0.39, 0.29) is 22.9 Å². The van der Waals surface area contributed by atoms with Crippen LogP contribution in [0.5, 0.6) is 0 Å². The van der Waals surface area contributed by atoms with Crippen molar-refractivity contribution in [2.24, 2.45) is 5.41 Å². The maximum absolute atomic E-state index is 12.4. The van der Waals surface area contributed by atoms with Crippen LogP contribution in [-0.4, -0.2) is 36.0 Å². The Balaban J connectivity index is 2.98. The van der Waals surface area contributed by atoms with Crippen molar-refractivity contribution < 1.29 is 4.79 Å². The topological polar surface area (TPSA) is 32.3 Å². The van der Waals surface area contributed by atoms with Crippen LogP contribution in [0, 0.1) is 5.41 Å². The van der Waals surface area contributed by atoms with E-state index in [0.29, 0.717) is 0 Å². The van der Waals surface area contributed by atoms with Crippen molar-refractivity contribution in [1.29, 1.82) is 0 Å². The number of nitrogens with one attached hydrogen (secondary N) is 1. The first kappa shape index (κ1) is 13.5. The summed E-state index contributed by atoms with van der Waals surface area (Å²) in [4.78, 5) is 14.4. The standard InChI is InChI=1S/C13H26N2O/c1-12(2,3)15-9-13(4,5)8-7-10(14-6)11(15)16/h10,14H,7-9H2,1-6H3. The number of likely N-dealkylation sites (tertiary alicyclic amines) is 1. The zero-order valence-corrected chi connectivity index (χ0v) is 11.6. The summed E-state index contributed by atoms with van der Waals surface area (Å²) in [5.41, 5.74) is 0.127. The first-order valence-electron chi connectivity index (χ1n) is 6.16. The van der Waals surface area contributed by atoms with E-state index >= 15 is 0 Å². The molecule has 0 aromatic rings. The molecular weight excluding hydrogens is 200 g/mol. The number of hydrogen-bond acceptors (Lipinski definition) is 2. The molecule has 1 fully saturated rings. The van der Waals surface area contributed by atoms with Crippen LogP contribution < -0.4 is 5.32 Å². The Bertz CT molecular complexity index is 266. The summed E-state index contributed by atoms with van der Waals surface area (Å²) in [5, 5.41) is 3.14. The van der Waals surface area contributed by atoms with Gasteiger partial charge in [0.25, 0.3) is 0 Å². The fourth-order valence-corrected chi connectivity index (χ4v) is 2.27. The lowest BCUT2D eigenvalue weighted by Gasteiger charge is -2.40. The van der Waals surface area contributed by atoms with E-state index in [1.165, 1.54) is 0 Å². The van der Waals surface area contributed by atoms with Gasteiger partial charge in [-0.15, -0.1) is 0 Å². The van der Waals surface area contributed by atoms with E-state index in [1.54, 1.807) is 0 Å². The molecule has 1 N–H and O–H groups in total. The van der Waals surface area contributed by atoms with E-state index in [9.17, 15) is 4.79 Å². The monoisotopic (exact) mass is 226 g/mol. The third kappa shape index (κ3) is 2.97. The van der Waals surface area contributed by atoms with Crippen LogP contribution in [0.3, 0.4) is 0 Å². The molecule has 1 aliphatic heterocycles. The van der Waals surface area contributed by atoms with E-state index in [2.05, 4.69) is 39.9 Å². The highest BCUT2D eigenvalue weighted by molar-refractivity contribution is 5.82. The zero-order chi connectivity index (χ0) is 12.6. The lowest BCUT2D eigenvalue weighted by atomic mass is 9.87. The van der Waals surface area contributed by atoms with Crippen molar-refractivity contribution in [2.45, 2.75) is 59.0 Å². The molecule has 3 heteroatoms. The maximum atomic E-state index is 12.4. The van der Waals surface area contributed by atoms with Gasteiger partial charge in [-0.2, -0.15) is 0 Å². The molecule has 0 spiro atoms. The number of rotatable bonds is 1. The van der Waals surface area contributed by atoms with Gasteiger partial charge >= 0.3 is 0 Å². The molecule has 0 radical (unpaired) electrons. The van der Waals surface area contributed by atoms with Crippen LogP contribution in [0.1, 0.15) is 47.5 Å². The average Bonchev–Trinajstić information content (AvgIpc) is 2.23. The van der Waals surface area contributed by atoms with E-state index < -0.39 is 0 Å². The van der Waals surface area contributed by atoms with Gasteiger partial charge in [-0.05, 0) is 46.1 Å². The summed E-state index contributed by atoms with van der Waals surface area (Å²) < 4.78 is 0. The molecule has 1 heterocycles. The van der Waals surface area contributed by atoms with E-state index in [4.69, 9.17) is 0 Å². The molecule has 1 aliphatic rings. The molecule has 3 nitrogen and oxygen atoms in total. The van der Waals surface area contributed by atoms with Gasteiger partial charge in [0.15, 0.2) is 0 Å². The third-order valence-electron chi connectivity index (χ3n) is 3.42. The fraction of sp³-hybridized carbons (Fsp3) is 0.923. The van der Waals surface area contributed by atoms with Gasteiger partial charge in [0.2, 0.25) is 5.91 Å². The Hall–Kier alpha value is -0.570. The molecule has 1 rings (SSSR count). The van der Waals surface area contributed by atoms with Crippen LogP contribution in [0.2, 0.25) is 0 Å². The van der Waals surface area contributed by atoms with Gasteiger partial charge in [-0.25, -0.2) is 0 Å². The Labute approximate surface area is 99.6 Å². The minimum absolute atomic E-state index is 0.0130. The number of carbonyl (C=O) groups excluding carboxylic acids is 1. The average molecular weight is 226 g/mol. The number of amides is 1. The molecule has 1 unspecified atom stereocenters. The first-order chi connectivity index (χ1) is 7.17. The fourth-order valence-electron chi connectivity index (χ4n) is 2.27. The van der Waals surface area contributed by atoms with Crippen molar-refractivity contribution in [3.05, 3.63) is 0 Å². The predicted octanol–water partition coefficient (Wildman–Crippen LogP) is 2.02. The molecule has 16 heavy (non-hydrogen) atoms. The normalized spacial score (nSPS) is 26.8. The van der Waals surface area contributed by atoms with Gasteiger partial charge in [0, 0.05) is 12.1 Å². The highest BCUT2D eigenvalue weighted by Crippen LogP contribution is 2.32. The Morgan fingerprint density at radius 3 is 2.38 bits per heavy atom. The van der Waals surface area contributed by atoms with Gasteiger partial charge < -0.3 is 10.2 Å². The summed E-state index contributed by atoms with van der Waals surface area (Å²) in [6, 6.07) is -0.0130. The van der Waals surface area contributed by atoms with Gasteiger partial charge in [0.05, 0.1) is 6.04 Å². The minimum Gasteiger partial charge on any atom is -0.336 e. The molecule has 0 saturated carbocycles. The Kier molecular flexibility index (Phi) is 3.68. The summed E-state index contributed by atoms with van der Waals surface area (Å²) in [6.45, 7) is 11.7. The first-order valence-corrected chi connectivity index (χ1v) is 6.16. The van der Waals surface area contributed by atoms with Gasteiger partial charge in [-0.3, -0.25) is 4.79 Å². The van der Waals surface area contributed by atoms with Crippen molar-refractivity contribution >= 4 is 5.91 Å². The highest BCUT2D eigenvalue weighted by Gasteiger charge is 2.38. The predicted molar refractivity (Wildman–Crippen MR) is 67.3 cm³/mol. The number of hydrogen-bond donors (Lipinski definition) is 1. The smallest absolute Gasteiger partial charge is 0.240 e. The SMILES string of the molecule is CNC1CCC(C)(C)CN(C(C)(C)C)C1=O. The van der Waals surface area contributed by atoms with Crippen LogP contribution in [0.15, 0.2) is 0 Å². The second-order valence-corrected chi connectivity index (χ2v) is 6.64. The Morgan fingerprint density at radius 1 is 1.38 bits per heavy atom. The highest BCUT2D eigenvalue weighted by atomic mass is 16.2. The quantitative estimate of drug-likeness (QED) is 0.742. The molecule has 0 aliphatic carbocycles. The number of nitrogens with zero attached hydrogens (tertiary/aromatic N) is 1. The minimum atomic E-state index is -0.0895. The van der Waals surface area contributed by atoms with Gasteiger partial charge in [-0.1, -0.05) is 13.8 Å². The van der Waals surface area contributed by atoms with E-state index in [1.807, 2.05) is 11.9 Å². The van der Waals surface area contributed by atoms with Crippen LogP contribution in [0.25, 0.3) is 0 Å². The maximum Gasteiger partial charge on any atom is 0.240 e. The summed E-state index contributed by atoms with van der Waals surface area (Å²) in [6.07, 6.45) is 2.03. The molecule has 1 saturated heterocycles. The molecule has 94 valence electrons. The van der Waals surface area contributed by atoms with Crippen LogP contribution in [0.4, 0.5) is 0 Å². The number of likely N-dealkylation sites (N-methyl/N-ethyl adjacent to an activating group) is 1. The molecule has 0 aromatic heterocycles. The van der Waals surface area contributed by atoms with Crippen molar-refractivity contribution in [1.82, 2.24) is 10.2 Å². The Morgan fingerprint density at radius 2 is 1.94 bits per heavy atom. The lowest BCUT2D eigenvalue weighted by Crippen LogP contribution is -2.53. The van der Waals surface area contributed by atoms with Crippen molar-refractivity contribution in [2.75, 3.05) is 13.6 Å².